The van der Waals surface area contributed by atoms with Gasteiger partial charge in [0.15, 0.2) is 6.10 Å². The number of carboxylic acids is 1. The summed E-state index contributed by atoms with van der Waals surface area (Å²) in [5, 5.41) is 9.75. The van der Waals surface area contributed by atoms with E-state index in [9.17, 15) is 19.5 Å². The number of hydrogen-bond donors (Lipinski definition) is 1. The summed E-state index contributed by atoms with van der Waals surface area (Å²) in [7, 11) is 5.97. The molecule has 88 heavy (non-hydrogen) atoms. The maximum absolute atomic E-state index is 12.9. The number of esters is 2. The van der Waals surface area contributed by atoms with Gasteiger partial charge in [-0.05, 0) is 70.6 Å². The van der Waals surface area contributed by atoms with Crippen molar-refractivity contribution in [3.8, 4) is 0 Å². The van der Waals surface area contributed by atoms with Crippen molar-refractivity contribution in [2.24, 2.45) is 0 Å². The molecule has 2 unspecified atom stereocenters. The summed E-state index contributed by atoms with van der Waals surface area (Å²) in [6.07, 6.45) is 91.6. The first-order valence-corrected chi connectivity index (χ1v) is 37.3. The Labute approximate surface area is 544 Å². The van der Waals surface area contributed by atoms with Crippen molar-refractivity contribution < 1.29 is 42.9 Å². The van der Waals surface area contributed by atoms with Crippen molar-refractivity contribution in [2.75, 3.05) is 47.5 Å². The first-order chi connectivity index (χ1) is 43.1. The van der Waals surface area contributed by atoms with Crippen molar-refractivity contribution in [1.82, 2.24) is 0 Å². The molecule has 0 bridgehead atoms. The lowest BCUT2D eigenvalue weighted by molar-refractivity contribution is -0.870. The second-order valence-electron chi connectivity index (χ2n) is 26.2. The maximum Gasteiger partial charge on any atom is 0.361 e. The number of likely N-dealkylation sites (N-methyl/N-ethyl adjacent to an activating group) is 1. The molecule has 510 valence electrons. The highest BCUT2D eigenvalue weighted by Gasteiger charge is 2.25. The van der Waals surface area contributed by atoms with Crippen molar-refractivity contribution in [1.29, 1.82) is 0 Å². The van der Waals surface area contributed by atoms with Gasteiger partial charge in [0.05, 0.1) is 34.4 Å². The van der Waals surface area contributed by atoms with Crippen LogP contribution >= 0.6 is 0 Å². The van der Waals surface area contributed by atoms with E-state index < -0.39 is 24.3 Å². The van der Waals surface area contributed by atoms with Gasteiger partial charge < -0.3 is 28.5 Å². The van der Waals surface area contributed by atoms with Gasteiger partial charge in [-0.3, -0.25) is 9.59 Å². The molecule has 0 aromatic rings. The van der Waals surface area contributed by atoms with Crippen molar-refractivity contribution in [3.63, 3.8) is 0 Å². The first-order valence-electron chi connectivity index (χ1n) is 37.3. The van der Waals surface area contributed by atoms with E-state index >= 15 is 0 Å². The first kappa shape index (κ1) is 84.5. The molecule has 0 aliphatic carbocycles. The monoisotopic (exact) mass is 1230 g/mol. The molecule has 0 saturated heterocycles. The minimum atomic E-state index is -1.52. The molecule has 9 heteroatoms. The third-order valence-electron chi connectivity index (χ3n) is 16.4. The van der Waals surface area contributed by atoms with E-state index in [1.807, 2.05) is 21.1 Å². The van der Waals surface area contributed by atoms with Gasteiger partial charge in [0.1, 0.15) is 13.2 Å². The van der Waals surface area contributed by atoms with Crippen LogP contribution in [0.1, 0.15) is 341 Å². The summed E-state index contributed by atoms with van der Waals surface area (Å²) in [4.78, 5) is 37.6. The number of unbranched alkanes of at least 4 members (excludes halogenated alkanes) is 40. The number of hydrogen-bond acceptors (Lipinski definition) is 7. The minimum absolute atomic E-state index is 0.181. The Bertz CT molecular complexity index is 1720. The number of carboxylic acid groups (broad SMARTS) is 1. The van der Waals surface area contributed by atoms with E-state index in [1.165, 1.54) is 212 Å². The number of carbonyl (C=O) groups excluding carboxylic acids is 2. The average Bonchev–Trinajstić information content (AvgIpc) is 3.54. The van der Waals surface area contributed by atoms with Crippen LogP contribution in [0, 0.1) is 0 Å². The predicted octanol–water partition coefficient (Wildman–Crippen LogP) is 23.4. The van der Waals surface area contributed by atoms with Crippen molar-refractivity contribution in [2.45, 2.75) is 354 Å². The second-order valence-corrected chi connectivity index (χ2v) is 26.2. The Morgan fingerprint density at radius 1 is 0.352 bits per heavy atom. The number of nitrogens with zero attached hydrogens (tertiary/aromatic N) is 1. The standard InChI is InChI=1S/C79H141NO8/c1-6-8-10-12-14-16-18-20-22-24-26-28-30-32-34-35-36-37-38-39-40-41-42-44-45-47-49-51-53-55-57-59-61-63-65-67-69-76(81)86-73-75(74-87-79(78(83)84)85-72-71-80(3,4)5)88-77(82)70-68-66-64-62-60-58-56-54-52-50-48-46-43-33-31-29-27-25-23-21-19-17-15-13-11-9-7-2/h9,11,15,17,21,23,27,29,33,43,48,50,54,56,75,79H,6-8,10,12-14,16,18-20,22,24-26,28,30-32,34-42,44-47,49,51-53,55,57-74H2,1-5H3/p+1/b11-9-,17-15-,23-21-,29-27-,43-33-,50-48-,56-54-. The molecule has 0 aliphatic heterocycles. The molecule has 0 amide bonds. The summed E-state index contributed by atoms with van der Waals surface area (Å²) in [6, 6.07) is 0. The summed E-state index contributed by atoms with van der Waals surface area (Å²) in [5.74, 6) is -2.02. The van der Waals surface area contributed by atoms with E-state index in [2.05, 4.69) is 98.9 Å². The Morgan fingerprint density at radius 3 is 0.966 bits per heavy atom. The molecular formula is C79H142NO8+. The number of quaternary nitrogens is 1. The predicted molar refractivity (Wildman–Crippen MR) is 378 cm³/mol. The van der Waals surface area contributed by atoms with Crippen LogP contribution in [0.4, 0.5) is 0 Å². The van der Waals surface area contributed by atoms with Gasteiger partial charge in [0.2, 0.25) is 0 Å². The molecule has 0 aromatic carbocycles. The van der Waals surface area contributed by atoms with E-state index in [1.54, 1.807) is 0 Å². The molecule has 0 spiro atoms. The summed E-state index contributed by atoms with van der Waals surface area (Å²) in [6.45, 7) is 4.78. The molecule has 0 aromatic heterocycles. The highest BCUT2D eigenvalue weighted by atomic mass is 16.7. The lowest BCUT2D eigenvalue weighted by Crippen LogP contribution is -2.40. The van der Waals surface area contributed by atoms with Gasteiger partial charge in [-0.2, -0.15) is 0 Å². The minimum Gasteiger partial charge on any atom is -0.477 e. The molecule has 2 atom stereocenters. The normalized spacial score (nSPS) is 13.1. The Kier molecular flexibility index (Phi) is 66.6. The Hall–Kier alpha value is -3.53. The van der Waals surface area contributed by atoms with E-state index in [0.717, 1.165) is 96.3 Å². The van der Waals surface area contributed by atoms with Crippen LogP contribution in [-0.2, 0) is 33.3 Å². The van der Waals surface area contributed by atoms with Gasteiger partial charge in [-0.15, -0.1) is 0 Å². The zero-order chi connectivity index (χ0) is 64.0. The highest BCUT2D eigenvalue weighted by Crippen LogP contribution is 2.19. The smallest absolute Gasteiger partial charge is 0.361 e. The molecule has 0 rings (SSSR count). The van der Waals surface area contributed by atoms with Crippen LogP contribution in [0.3, 0.4) is 0 Å². The third-order valence-corrected chi connectivity index (χ3v) is 16.4. The second kappa shape index (κ2) is 69.4. The average molecular weight is 1230 g/mol. The molecule has 0 radical (unpaired) electrons. The number of allylic oxidation sites excluding steroid dienone is 14. The lowest BCUT2D eigenvalue weighted by Gasteiger charge is -2.25. The van der Waals surface area contributed by atoms with Crippen molar-refractivity contribution >= 4 is 17.9 Å². The van der Waals surface area contributed by atoms with Crippen LogP contribution in [0.5, 0.6) is 0 Å². The molecule has 0 saturated carbocycles. The topological polar surface area (TPSA) is 108 Å². The van der Waals surface area contributed by atoms with Crippen LogP contribution < -0.4 is 0 Å². The van der Waals surface area contributed by atoms with Gasteiger partial charge in [-0.1, -0.05) is 343 Å². The molecule has 0 aliphatic rings. The number of aliphatic carboxylic acids is 1. The van der Waals surface area contributed by atoms with Crippen LogP contribution in [-0.4, -0.2) is 87.4 Å². The largest absolute Gasteiger partial charge is 0.477 e. The maximum atomic E-state index is 12.9. The quantitative estimate of drug-likeness (QED) is 0.0211. The summed E-state index contributed by atoms with van der Waals surface area (Å²) in [5.41, 5.74) is 0. The van der Waals surface area contributed by atoms with Gasteiger partial charge in [0.25, 0.3) is 6.29 Å². The van der Waals surface area contributed by atoms with Crippen LogP contribution in [0.2, 0.25) is 0 Å². The lowest BCUT2D eigenvalue weighted by atomic mass is 10.0. The number of ether oxygens (including phenoxy) is 4. The Morgan fingerprint density at radius 2 is 0.648 bits per heavy atom. The summed E-state index contributed by atoms with van der Waals surface area (Å²) >= 11 is 0. The highest BCUT2D eigenvalue weighted by molar-refractivity contribution is 5.71. The fraction of sp³-hybridized carbons (Fsp3) is 0.785. The van der Waals surface area contributed by atoms with Gasteiger partial charge in [-0.25, -0.2) is 4.79 Å². The van der Waals surface area contributed by atoms with Crippen LogP contribution in [0.25, 0.3) is 0 Å². The molecule has 9 nitrogen and oxygen atoms in total. The van der Waals surface area contributed by atoms with Gasteiger partial charge in [0, 0.05) is 12.8 Å². The number of rotatable bonds is 69. The fourth-order valence-electron chi connectivity index (χ4n) is 10.8. The van der Waals surface area contributed by atoms with E-state index in [0.29, 0.717) is 23.9 Å². The molecule has 0 heterocycles. The van der Waals surface area contributed by atoms with Crippen molar-refractivity contribution in [3.05, 3.63) is 85.1 Å². The summed E-state index contributed by atoms with van der Waals surface area (Å²) < 4.78 is 23.0. The van der Waals surface area contributed by atoms with Gasteiger partial charge >= 0.3 is 17.9 Å². The third kappa shape index (κ3) is 69.9. The molecular weight excluding hydrogens is 1090 g/mol. The fourth-order valence-corrected chi connectivity index (χ4v) is 10.8. The molecule has 1 N–H and O–H groups in total. The zero-order valence-corrected chi connectivity index (χ0v) is 58.4. The molecule has 0 fully saturated rings. The zero-order valence-electron chi connectivity index (χ0n) is 58.4. The Balaban J connectivity index is 4.06. The SMILES string of the molecule is CC/C=C\C/C=C\C/C=C\C/C=C\C/C=C\C/C=C\C/C=C\CCCCCCCC(=O)OC(COC(=O)CCCCCCCCCCCCCCCCCCCCCCCCCCCCCCCCCCCCCC)COC(OCC[N+](C)(C)C)C(=O)O. The van der Waals surface area contributed by atoms with E-state index in [-0.39, 0.29) is 32.2 Å². The number of carbonyl (C=O) groups is 3. The van der Waals surface area contributed by atoms with E-state index in [4.69, 9.17) is 18.9 Å². The van der Waals surface area contributed by atoms with Crippen LogP contribution in [0.15, 0.2) is 85.1 Å².